The highest BCUT2D eigenvalue weighted by Crippen LogP contribution is 2.31. The Morgan fingerprint density at radius 1 is 1.28 bits per heavy atom. The molecule has 1 aromatic carbocycles. The summed E-state index contributed by atoms with van der Waals surface area (Å²) in [6.07, 6.45) is 0. The third-order valence-corrected chi connectivity index (χ3v) is 5.77. The Morgan fingerprint density at radius 2 is 2.08 bits per heavy atom. The molecule has 0 saturated carbocycles. The van der Waals surface area contributed by atoms with Crippen LogP contribution in [0.4, 0.5) is 4.39 Å². The second-order valence-electron chi connectivity index (χ2n) is 5.42. The Labute approximate surface area is 153 Å². The molecule has 0 fully saturated rings. The molecule has 7 heteroatoms. The first kappa shape index (κ1) is 17.6. The third-order valence-electron chi connectivity index (χ3n) is 3.59. The van der Waals surface area contributed by atoms with Gasteiger partial charge in [-0.3, -0.25) is 4.79 Å². The molecule has 0 aliphatic heterocycles. The van der Waals surface area contributed by atoms with Gasteiger partial charge >= 0.3 is 0 Å². The van der Waals surface area contributed by atoms with Gasteiger partial charge in [0.15, 0.2) is 11.6 Å². The molecule has 1 amide bonds. The molecule has 0 spiro atoms. The first-order valence-electron chi connectivity index (χ1n) is 7.70. The first-order chi connectivity index (χ1) is 12.1. The molecule has 0 atom stereocenters. The molecule has 0 unspecified atom stereocenters. The van der Waals surface area contributed by atoms with Crippen molar-refractivity contribution in [2.24, 2.45) is 0 Å². The van der Waals surface area contributed by atoms with Gasteiger partial charge in [0.25, 0.3) is 5.91 Å². The molecule has 2 aromatic heterocycles. The van der Waals surface area contributed by atoms with E-state index in [0.717, 1.165) is 15.6 Å². The first-order valence-corrected chi connectivity index (χ1v) is 9.40. The van der Waals surface area contributed by atoms with Gasteiger partial charge in [-0.1, -0.05) is 18.2 Å². The summed E-state index contributed by atoms with van der Waals surface area (Å²) >= 11 is 2.99. The van der Waals surface area contributed by atoms with Gasteiger partial charge in [-0.25, -0.2) is 9.37 Å². The zero-order chi connectivity index (χ0) is 17.8. The van der Waals surface area contributed by atoms with Crippen molar-refractivity contribution < 1.29 is 13.9 Å². The summed E-state index contributed by atoms with van der Waals surface area (Å²) in [4.78, 5) is 20.4. The number of thiazole rings is 1. The molecule has 25 heavy (non-hydrogen) atoms. The summed E-state index contributed by atoms with van der Waals surface area (Å²) in [5, 5.41) is 2.84. The largest absolute Gasteiger partial charge is 0.489 e. The lowest BCUT2D eigenvalue weighted by Crippen LogP contribution is -2.30. The number of ether oxygens (including phenoxy) is 1. The van der Waals surface area contributed by atoms with Gasteiger partial charge in [0.1, 0.15) is 16.5 Å². The van der Waals surface area contributed by atoms with E-state index < -0.39 is 5.82 Å². The number of carbonyl (C=O) groups is 1. The van der Waals surface area contributed by atoms with Crippen LogP contribution in [0.25, 0.3) is 9.88 Å². The number of rotatable bonds is 6. The van der Waals surface area contributed by atoms with E-state index in [1.54, 1.807) is 41.5 Å². The number of thiophene rings is 1. The van der Waals surface area contributed by atoms with Gasteiger partial charge in [-0.15, -0.1) is 22.7 Å². The fraction of sp³-hybridized carbons (Fsp3) is 0.222. The molecular weight excluding hydrogens is 359 g/mol. The highest BCUT2D eigenvalue weighted by atomic mass is 32.1. The van der Waals surface area contributed by atoms with Crippen LogP contribution < -0.4 is 4.74 Å². The van der Waals surface area contributed by atoms with Crippen molar-refractivity contribution in [3.63, 3.8) is 0 Å². The zero-order valence-corrected chi connectivity index (χ0v) is 15.5. The van der Waals surface area contributed by atoms with Crippen molar-refractivity contribution in [2.75, 3.05) is 20.2 Å². The highest BCUT2D eigenvalue weighted by Gasteiger charge is 2.20. The summed E-state index contributed by atoms with van der Waals surface area (Å²) in [6, 6.07) is 10.2. The van der Waals surface area contributed by atoms with Crippen molar-refractivity contribution in [3.8, 4) is 15.6 Å². The molecule has 4 nitrogen and oxygen atoms in total. The van der Waals surface area contributed by atoms with Gasteiger partial charge in [-0.2, -0.15) is 0 Å². The maximum absolute atomic E-state index is 13.5. The van der Waals surface area contributed by atoms with Gasteiger partial charge in [0.2, 0.25) is 0 Å². The minimum absolute atomic E-state index is 0.102. The summed E-state index contributed by atoms with van der Waals surface area (Å²) in [7, 11) is 1.71. The maximum Gasteiger partial charge on any atom is 0.265 e. The van der Waals surface area contributed by atoms with Crippen LogP contribution in [-0.4, -0.2) is 36.0 Å². The second-order valence-corrected chi connectivity index (χ2v) is 7.36. The summed E-state index contributed by atoms with van der Waals surface area (Å²) < 4.78 is 18.9. The molecule has 0 aliphatic carbocycles. The number of aryl methyl sites for hydroxylation is 1. The summed E-state index contributed by atoms with van der Waals surface area (Å²) in [5.41, 5.74) is 0.722. The number of amides is 1. The number of likely N-dealkylation sites (N-methyl/N-ethyl adjacent to an activating group) is 1. The number of hydrogen-bond acceptors (Lipinski definition) is 5. The van der Waals surface area contributed by atoms with Crippen LogP contribution in [0.3, 0.4) is 0 Å². The van der Waals surface area contributed by atoms with E-state index in [1.807, 2.05) is 24.4 Å². The van der Waals surface area contributed by atoms with E-state index in [2.05, 4.69) is 4.98 Å². The number of carbonyl (C=O) groups excluding carboxylic acids is 1. The van der Waals surface area contributed by atoms with Gasteiger partial charge in [0.05, 0.1) is 17.1 Å². The average molecular weight is 376 g/mol. The molecule has 3 rings (SSSR count). The van der Waals surface area contributed by atoms with Crippen molar-refractivity contribution in [1.82, 2.24) is 9.88 Å². The molecule has 130 valence electrons. The molecule has 0 N–H and O–H groups in total. The number of halogens is 1. The van der Waals surface area contributed by atoms with Gasteiger partial charge in [-0.05, 0) is 30.5 Å². The molecule has 0 bridgehead atoms. The van der Waals surface area contributed by atoms with Crippen molar-refractivity contribution >= 4 is 28.6 Å². The standard InChI is InChI=1S/C18H17FN2O2S2/c1-12-16(25-17(20-12)15-8-5-11-24-15)18(22)21(2)9-10-23-14-7-4-3-6-13(14)19/h3-8,11H,9-10H2,1-2H3. The number of hydrogen-bond donors (Lipinski definition) is 0. The molecule has 0 saturated heterocycles. The van der Waals surface area contributed by atoms with Crippen LogP contribution in [-0.2, 0) is 0 Å². The lowest BCUT2D eigenvalue weighted by molar-refractivity contribution is 0.0776. The fourth-order valence-electron chi connectivity index (χ4n) is 2.23. The van der Waals surface area contributed by atoms with Crippen molar-refractivity contribution in [3.05, 3.63) is 58.2 Å². The van der Waals surface area contributed by atoms with E-state index in [-0.39, 0.29) is 18.3 Å². The van der Waals surface area contributed by atoms with Gasteiger partial charge < -0.3 is 9.64 Å². The topological polar surface area (TPSA) is 42.4 Å². The Hall–Kier alpha value is -2.25. The minimum atomic E-state index is -0.407. The maximum atomic E-state index is 13.5. The second kappa shape index (κ2) is 7.76. The Morgan fingerprint density at radius 3 is 2.80 bits per heavy atom. The predicted octanol–water partition coefficient (Wildman–Crippen LogP) is 4.47. The van der Waals surface area contributed by atoms with Crippen LogP contribution in [0.1, 0.15) is 15.4 Å². The van der Waals surface area contributed by atoms with E-state index >= 15 is 0 Å². The minimum Gasteiger partial charge on any atom is -0.489 e. The predicted molar refractivity (Wildman–Crippen MR) is 99.0 cm³/mol. The van der Waals surface area contributed by atoms with E-state index in [0.29, 0.717) is 11.4 Å². The Kier molecular flexibility index (Phi) is 5.45. The number of para-hydroxylation sites is 1. The van der Waals surface area contributed by atoms with Gasteiger partial charge in [0, 0.05) is 7.05 Å². The third kappa shape index (κ3) is 4.05. The lowest BCUT2D eigenvalue weighted by atomic mass is 10.3. The highest BCUT2D eigenvalue weighted by molar-refractivity contribution is 7.22. The van der Waals surface area contributed by atoms with Crippen LogP contribution in [0, 0.1) is 12.7 Å². The summed E-state index contributed by atoms with van der Waals surface area (Å²) in [5.74, 6) is -0.317. The lowest BCUT2D eigenvalue weighted by Gasteiger charge is -2.17. The number of aromatic nitrogens is 1. The van der Waals surface area contributed by atoms with Crippen LogP contribution >= 0.6 is 22.7 Å². The molecular formula is C18H17FN2O2S2. The monoisotopic (exact) mass is 376 g/mol. The van der Waals surface area contributed by atoms with Crippen molar-refractivity contribution in [2.45, 2.75) is 6.92 Å². The van der Waals surface area contributed by atoms with Crippen LogP contribution in [0.2, 0.25) is 0 Å². The summed E-state index contributed by atoms with van der Waals surface area (Å²) in [6.45, 7) is 2.42. The van der Waals surface area contributed by atoms with E-state index in [1.165, 1.54) is 17.4 Å². The van der Waals surface area contributed by atoms with E-state index in [4.69, 9.17) is 4.74 Å². The fourth-order valence-corrected chi connectivity index (χ4v) is 4.09. The van der Waals surface area contributed by atoms with Crippen LogP contribution in [0.15, 0.2) is 41.8 Å². The Bertz CT molecular complexity index is 862. The quantitative estimate of drug-likeness (QED) is 0.637. The van der Waals surface area contributed by atoms with Crippen LogP contribution in [0.5, 0.6) is 5.75 Å². The average Bonchev–Trinajstić information content (AvgIpc) is 3.25. The molecule has 2 heterocycles. The van der Waals surface area contributed by atoms with E-state index in [9.17, 15) is 9.18 Å². The SMILES string of the molecule is Cc1nc(-c2cccs2)sc1C(=O)N(C)CCOc1ccccc1F. The van der Waals surface area contributed by atoms with Crippen molar-refractivity contribution in [1.29, 1.82) is 0 Å². The normalized spacial score (nSPS) is 10.7. The smallest absolute Gasteiger partial charge is 0.265 e. The Balaban J connectivity index is 1.62. The molecule has 0 radical (unpaired) electrons. The number of nitrogens with zero attached hydrogens (tertiary/aromatic N) is 2. The molecule has 0 aliphatic rings. The molecule has 3 aromatic rings. The number of benzene rings is 1. The zero-order valence-electron chi connectivity index (χ0n) is 13.9.